The number of nitrogens with one attached hydrogen (secondary N) is 1. The third kappa shape index (κ3) is 3.16. The third-order valence-corrected chi connectivity index (χ3v) is 3.46. The van der Waals surface area contributed by atoms with Gasteiger partial charge in [0.15, 0.2) is 0 Å². The fraction of sp³-hybridized carbons (Fsp3) is 0.692. The molecule has 4 nitrogen and oxygen atoms in total. The molecule has 1 heterocycles. The summed E-state index contributed by atoms with van der Waals surface area (Å²) in [7, 11) is 0. The van der Waals surface area contributed by atoms with E-state index in [9.17, 15) is 0 Å². The number of aliphatic hydroxyl groups is 1. The Kier molecular flexibility index (Phi) is 3.94. The smallest absolute Gasteiger partial charge is 0.223 e. The van der Waals surface area contributed by atoms with E-state index in [1.165, 1.54) is 12.8 Å². The van der Waals surface area contributed by atoms with Crippen LogP contribution in [0.15, 0.2) is 6.07 Å². The van der Waals surface area contributed by atoms with Gasteiger partial charge in [-0.15, -0.1) is 0 Å². The number of nitrogens with zero attached hydrogens (tertiary/aromatic N) is 2. The van der Waals surface area contributed by atoms with Gasteiger partial charge in [-0.3, -0.25) is 0 Å². The number of aliphatic hydroxyl groups excluding tert-OH is 1. The van der Waals surface area contributed by atoms with Crippen LogP contribution in [0.2, 0.25) is 0 Å². The second kappa shape index (κ2) is 5.45. The summed E-state index contributed by atoms with van der Waals surface area (Å²) < 4.78 is 0. The lowest BCUT2D eigenvalue weighted by Gasteiger charge is -2.20. The van der Waals surface area contributed by atoms with Gasteiger partial charge in [0.25, 0.3) is 0 Å². The van der Waals surface area contributed by atoms with E-state index >= 15 is 0 Å². The van der Waals surface area contributed by atoms with Crippen molar-refractivity contribution in [1.29, 1.82) is 0 Å². The van der Waals surface area contributed by atoms with Gasteiger partial charge in [0.2, 0.25) is 5.95 Å². The number of rotatable bonds is 4. The first-order valence-corrected chi connectivity index (χ1v) is 6.38. The van der Waals surface area contributed by atoms with Crippen LogP contribution in [0, 0.1) is 19.8 Å². The molecule has 2 rings (SSSR count). The Hall–Kier alpha value is -1.16. The van der Waals surface area contributed by atoms with Gasteiger partial charge in [0, 0.05) is 24.0 Å². The summed E-state index contributed by atoms with van der Waals surface area (Å²) in [6.45, 7) is 4.25. The molecule has 1 aliphatic carbocycles. The highest BCUT2D eigenvalue weighted by Crippen LogP contribution is 2.30. The summed E-state index contributed by atoms with van der Waals surface area (Å²) in [5.41, 5.74) is 1.99. The van der Waals surface area contributed by atoms with Crippen LogP contribution in [0.1, 0.15) is 37.1 Å². The molecule has 17 heavy (non-hydrogen) atoms. The summed E-state index contributed by atoms with van der Waals surface area (Å²) in [6, 6.07) is 2.40. The maximum absolute atomic E-state index is 9.04. The van der Waals surface area contributed by atoms with Crippen molar-refractivity contribution < 1.29 is 5.11 Å². The highest BCUT2D eigenvalue weighted by atomic mass is 16.3. The molecule has 0 amide bonds. The number of hydrogen-bond donors (Lipinski definition) is 2. The van der Waals surface area contributed by atoms with E-state index in [1.54, 1.807) is 0 Å². The van der Waals surface area contributed by atoms with Gasteiger partial charge in [-0.2, -0.15) is 0 Å². The maximum atomic E-state index is 9.04. The van der Waals surface area contributed by atoms with E-state index in [0.717, 1.165) is 30.2 Å². The van der Waals surface area contributed by atoms with Crippen LogP contribution in [0.3, 0.4) is 0 Å². The predicted octanol–water partition coefficient (Wildman–Crippen LogP) is 2.06. The van der Waals surface area contributed by atoms with Crippen molar-refractivity contribution in [3.05, 3.63) is 17.5 Å². The van der Waals surface area contributed by atoms with E-state index in [2.05, 4.69) is 15.3 Å². The summed E-state index contributed by atoms with van der Waals surface area (Å²) in [4.78, 5) is 8.81. The van der Waals surface area contributed by atoms with Gasteiger partial charge in [0.05, 0.1) is 0 Å². The van der Waals surface area contributed by atoms with Crippen LogP contribution in [0.5, 0.6) is 0 Å². The minimum Gasteiger partial charge on any atom is -0.396 e. The van der Waals surface area contributed by atoms with Crippen LogP contribution >= 0.6 is 0 Å². The van der Waals surface area contributed by atoms with Crippen LogP contribution < -0.4 is 5.32 Å². The van der Waals surface area contributed by atoms with Crippen molar-refractivity contribution in [3.8, 4) is 0 Å². The SMILES string of the molecule is Cc1cc(C)nc(NC2CCCC2CCO)n1. The van der Waals surface area contributed by atoms with E-state index in [4.69, 9.17) is 5.11 Å². The normalized spacial score (nSPS) is 23.9. The Balaban J connectivity index is 2.04. The largest absolute Gasteiger partial charge is 0.396 e. The van der Waals surface area contributed by atoms with Gasteiger partial charge >= 0.3 is 0 Å². The molecule has 2 N–H and O–H groups in total. The van der Waals surface area contributed by atoms with E-state index in [-0.39, 0.29) is 6.61 Å². The average molecular weight is 235 g/mol. The number of hydrogen-bond acceptors (Lipinski definition) is 4. The van der Waals surface area contributed by atoms with Crippen molar-refractivity contribution >= 4 is 5.95 Å². The maximum Gasteiger partial charge on any atom is 0.223 e. The first-order valence-electron chi connectivity index (χ1n) is 6.38. The molecular formula is C13H21N3O. The van der Waals surface area contributed by atoms with Gasteiger partial charge in [-0.05, 0) is 45.1 Å². The molecule has 0 aliphatic heterocycles. The van der Waals surface area contributed by atoms with Crippen molar-refractivity contribution in [2.45, 2.75) is 45.6 Å². The Bertz CT molecular complexity index is 361. The van der Waals surface area contributed by atoms with E-state index in [1.807, 2.05) is 19.9 Å². The number of anilines is 1. The molecule has 0 saturated heterocycles. The molecule has 2 atom stereocenters. The molecule has 2 unspecified atom stereocenters. The zero-order valence-electron chi connectivity index (χ0n) is 10.6. The van der Waals surface area contributed by atoms with E-state index < -0.39 is 0 Å². The monoisotopic (exact) mass is 235 g/mol. The van der Waals surface area contributed by atoms with Crippen LogP contribution in [-0.2, 0) is 0 Å². The molecule has 1 fully saturated rings. The summed E-state index contributed by atoms with van der Waals surface area (Å²) in [5.74, 6) is 1.29. The molecule has 1 aromatic rings. The van der Waals surface area contributed by atoms with Crippen molar-refractivity contribution in [3.63, 3.8) is 0 Å². The molecule has 4 heteroatoms. The summed E-state index contributed by atoms with van der Waals surface area (Å²) >= 11 is 0. The molecule has 0 bridgehead atoms. The molecule has 0 spiro atoms. The third-order valence-electron chi connectivity index (χ3n) is 3.46. The van der Waals surface area contributed by atoms with Crippen molar-refractivity contribution in [2.24, 2.45) is 5.92 Å². The standard InChI is InChI=1S/C13H21N3O/c1-9-8-10(2)15-13(14-9)16-12-5-3-4-11(12)6-7-17/h8,11-12,17H,3-7H2,1-2H3,(H,14,15,16). The van der Waals surface area contributed by atoms with Crippen LogP contribution in [-0.4, -0.2) is 27.7 Å². The Morgan fingerprint density at radius 3 is 2.65 bits per heavy atom. The van der Waals surface area contributed by atoms with Crippen molar-refractivity contribution in [1.82, 2.24) is 9.97 Å². The number of aryl methyl sites for hydroxylation is 2. The van der Waals surface area contributed by atoms with Gasteiger partial charge in [-0.1, -0.05) is 6.42 Å². The molecule has 0 aromatic carbocycles. The zero-order chi connectivity index (χ0) is 12.3. The predicted molar refractivity (Wildman–Crippen MR) is 68.0 cm³/mol. The van der Waals surface area contributed by atoms with Crippen LogP contribution in [0.4, 0.5) is 5.95 Å². The second-order valence-electron chi connectivity index (χ2n) is 4.93. The highest BCUT2D eigenvalue weighted by molar-refractivity contribution is 5.29. The fourth-order valence-corrected chi connectivity index (χ4v) is 2.69. The van der Waals surface area contributed by atoms with E-state index in [0.29, 0.717) is 12.0 Å². The molecular weight excluding hydrogens is 214 g/mol. The molecule has 94 valence electrons. The minimum atomic E-state index is 0.274. The van der Waals surface area contributed by atoms with Crippen LogP contribution in [0.25, 0.3) is 0 Å². The lowest BCUT2D eigenvalue weighted by molar-refractivity contribution is 0.254. The first-order chi connectivity index (χ1) is 8.19. The van der Waals surface area contributed by atoms with Gasteiger partial charge in [0.1, 0.15) is 0 Å². The Morgan fingerprint density at radius 2 is 2.00 bits per heavy atom. The first kappa shape index (κ1) is 12.3. The van der Waals surface area contributed by atoms with Gasteiger partial charge in [-0.25, -0.2) is 9.97 Å². The summed E-state index contributed by atoms with van der Waals surface area (Å²) in [6.07, 6.45) is 4.46. The lowest BCUT2D eigenvalue weighted by atomic mass is 10.0. The van der Waals surface area contributed by atoms with Gasteiger partial charge < -0.3 is 10.4 Å². The fourth-order valence-electron chi connectivity index (χ4n) is 2.69. The lowest BCUT2D eigenvalue weighted by Crippen LogP contribution is -2.26. The molecule has 0 radical (unpaired) electrons. The second-order valence-corrected chi connectivity index (χ2v) is 4.93. The molecule has 1 saturated carbocycles. The molecule has 1 aromatic heterocycles. The quantitative estimate of drug-likeness (QED) is 0.838. The summed E-state index contributed by atoms with van der Waals surface area (Å²) in [5, 5.41) is 12.5. The number of aromatic nitrogens is 2. The molecule has 1 aliphatic rings. The minimum absolute atomic E-state index is 0.274. The Labute approximate surface area is 102 Å². The highest BCUT2D eigenvalue weighted by Gasteiger charge is 2.27. The van der Waals surface area contributed by atoms with Crippen molar-refractivity contribution in [2.75, 3.05) is 11.9 Å². The topological polar surface area (TPSA) is 58.0 Å². The Morgan fingerprint density at radius 1 is 1.29 bits per heavy atom. The average Bonchev–Trinajstić information content (AvgIpc) is 2.65. The zero-order valence-corrected chi connectivity index (χ0v) is 10.6.